The summed E-state index contributed by atoms with van der Waals surface area (Å²) in [7, 11) is 1.82. The average Bonchev–Trinajstić information content (AvgIpc) is 3.28. The lowest BCUT2D eigenvalue weighted by molar-refractivity contribution is 0.0948. The molecule has 1 N–H and O–H groups in total. The van der Waals surface area contributed by atoms with E-state index in [0.29, 0.717) is 18.0 Å². The average molecular weight is 349 g/mol. The van der Waals surface area contributed by atoms with Crippen LogP contribution in [0.1, 0.15) is 16.1 Å². The molecule has 2 aromatic carbocycles. The number of aryl methyl sites for hydroxylation is 1. The summed E-state index contributed by atoms with van der Waals surface area (Å²) in [5, 5.41) is 7.26. The van der Waals surface area contributed by atoms with Crippen LogP contribution in [0.5, 0.6) is 11.5 Å². The minimum Gasteiger partial charge on any atom is -0.454 e. The van der Waals surface area contributed by atoms with Gasteiger partial charge in [-0.15, -0.1) is 0 Å². The summed E-state index contributed by atoms with van der Waals surface area (Å²) >= 11 is 0. The summed E-state index contributed by atoms with van der Waals surface area (Å²) in [6, 6.07) is 17.5. The Balaban J connectivity index is 1.45. The highest BCUT2D eigenvalue weighted by Crippen LogP contribution is 2.35. The van der Waals surface area contributed by atoms with Gasteiger partial charge in [-0.05, 0) is 36.2 Å². The van der Waals surface area contributed by atoms with E-state index in [4.69, 9.17) is 9.47 Å². The fourth-order valence-corrected chi connectivity index (χ4v) is 2.96. The molecule has 3 aromatic rings. The lowest BCUT2D eigenvalue weighted by Crippen LogP contribution is -2.26. The summed E-state index contributed by atoms with van der Waals surface area (Å²) in [4.78, 5) is 12.4. The lowest BCUT2D eigenvalue weighted by Gasteiger charge is -2.03. The highest BCUT2D eigenvalue weighted by Gasteiger charge is 2.17. The van der Waals surface area contributed by atoms with Gasteiger partial charge in [0.25, 0.3) is 5.91 Å². The number of fused-ring (bicyclic) bond motifs is 1. The van der Waals surface area contributed by atoms with E-state index in [1.807, 2.05) is 55.6 Å². The molecular formula is C20H19N3O3. The van der Waals surface area contributed by atoms with Crippen LogP contribution in [0, 0.1) is 0 Å². The molecule has 0 radical (unpaired) electrons. The van der Waals surface area contributed by atoms with E-state index in [-0.39, 0.29) is 12.7 Å². The van der Waals surface area contributed by atoms with Crippen LogP contribution in [-0.2, 0) is 13.5 Å². The Morgan fingerprint density at radius 3 is 2.77 bits per heavy atom. The normalized spacial score (nSPS) is 12.2. The largest absolute Gasteiger partial charge is 0.454 e. The molecule has 1 aliphatic heterocycles. The number of aromatic nitrogens is 2. The van der Waals surface area contributed by atoms with Crippen molar-refractivity contribution in [1.29, 1.82) is 0 Å². The van der Waals surface area contributed by atoms with Crippen molar-refractivity contribution < 1.29 is 14.3 Å². The molecule has 0 unspecified atom stereocenters. The minimum absolute atomic E-state index is 0.177. The maximum Gasteiger partial charge on any atom is 0.271 e. The SMILES string of the molecule is Cn1nc(C(=O)NCCc2ccccc2)cc1-c1ccc2c(c1)OCO2. The predicted molar refractivity (Wildman–Crippen MR) is 97.2 cm³/mol. The van der Waals surface area contributed by atoms with Crippen LogP contribution in [0.2, 0.25) is 0 Å². The Bertz CT molecular complexity index is 935. The molecule has 0 spiro atoms. The van der Waals surface area contributed by atoms with Gasteiger partial charge in [0.1, 0.15) is 0 Å². The molecule has 2 heterocycles. The summed E-state index contributed by atoms with van der Waals surface area (Å²) in [6.07, 6.45) is 0.786. The number of hydrogen-bond donors (Lipinski definition) is 1. The first-order valence-corrected chi connectivity index (χ1v) is 8.47. The molecule has 4 rings (SSSR count). The third-order valence-corrected chi connectivity index (χ3v) is 4.32. The molecule has 0 bridgehead atoms. The molecule has 1 amide bonds. The highest BCUT2D eigenvalue weighted by atomic mass is 16.7. The standard InChI is InChI=1S/C20H19N3O3/c1-23-17(15-7-8-18-19(11-15)26-13-25-18)12-16(22-23)20(24)21-10-9-14-5-3-2-4-6-14/h2-8,11-12H,9-10,13H2,1H3,(H,21,24). The number of hydrogen-bond acceptors (Lipinski definition) is 4. The summed E-state index contributed by atoms with van der Waals surface area (Å²) in [6.45, 7) is 0.804. The van der Waals surface area contributed by atoms with Crippen LogP contribution >= 0.6 is 0 Å². The molecule has 0 aliphatic carbocycles. The van der Waals surface area contributed by atoms with E-state index in [0.717, 1.165) is 23.4 Å². The molecule has 1 aliphatic rings. The second-order valence-corrected chi connectivity index (χ2v) is 6.10. The van der Waals surface area contributed by atoms with Crippen molar-refractivity contribution in [3.05, 3.63) is 65.9 Å². The zero-order chi connectivity index (χ0) is 17.9. The van der Waals surface area contributed by atoms with Crippen molar-refractivity contribution >= 4 is 5.91 Å². The van der Waals surface area contributed by atoms with Crippen molar-refractivity contribution in [3.8, 4) is 22.8 Å². The van der Waals surface area contributed by atoms with Gasteiger partial charge in [-0.25, -0.2) is 0 Å². The highest BCUT2D eigenvalue weighted by molar-refractivity contribution is 5.93. The number of carbonyl (C=O) groups excluding carboxylic acids is 1. The molecule has 132 valence electrons. The van der Waals surface area contributed by atoms with Crippen LogP contribution in [-0.4, -0.2) is 29.0 Å². The molecular weight excluding hydrogens is 330 g/mol. The van der Waals surface area contributed by atoms with Crippen LogP contribution in [0.25, 0.3) is 11.3 Å². The second kappa shape index (κ2) is 6.92. The van der Waals surface area contributed by atoms with Crippen molar-refractivity contribution in [1.82, 2.24) is 15.1 Å². The zero-order valence-corrected chi connectivity index (χ0v) is 14.4. The van der Waals surface area contributed by atoms with E-state index >= 15 is 0 Å². The van der Waals surface area contributed by atoms with E-state index in [1.165, 1.54) is 5.56 Å². The first-order chi connectivity index (χ1) is 12.7. The summed E-state index contributed by atoms with van der Waals surface area (Å²) < 4.78 is 12.5. The molecule has 26 heavy (non-hydrogen) atoms. The minimum atomic E-state index is -0.177. The van der Waals surface area contributed by atoms with Crippen LogP contribution in [0.4, 0.5) is 0 Å². The second-order valence-electron chi connectivity index (χ2n) is 6.10. The Labute approximate surface area is 151 Å². The Morgan fingerprint density at radius 1 is 1.12 bits per heavy atom. The van der Waals surface area contributed by atoms with E-state index in [9.17, 15) is 4.79 Å². The van der Waals surface area contributed by atoms with Gasteiger partial charge in [0.05, 0.1) is 5.69 Å². The van der Waals surface area contributed by atoms with Crippen LogP contribution in [0.3, 0.4) is 0 Å². The molecule has 1 aromatic heterocycles. The quantitative estimate of drug-likeness (QED) is 0.769. The molecule has 6 heteroatoms. The fraction of sp³-hybridized carbons (Fsp3) is 0.200. The lowest BCUT2D eigenvalue weighted by atomic mass is 10.1. The number of nitrogens with zero attached hydrogens (tertiary/aromatic N) is 2. The van der Waals surface area contributed by atoms with Gasteiger partial charge in [-0.2, -0.15) is 5.10 Å². The van der Waals surface area contributed by atoms with Gasteiger partial charge in [0.15, 0.2) is 17.2 Å². The fourth-order valence-electron chi connectivity index (χ4n) is 2.96. The number of ether oxygens (including phenoxy) is 2. The number of amides is 1. The smallest absolute Gasteiger partial charge is 0.271 e. The van der Waals surface area contributed by atoms with E-state index in [1.54, 1.807) is 10.7 Å². The third kappa shape index (κ3) is 3.26. The molecule has 0 atom stereocenters. The van der Waals surface area contributed by atoms with Gasteiger partial charge in [0, 0.05) is 19.2 Å². The van der Waals surface area contributed by atoms with Crippen LogP contribution in [0.15, 0.2) is 54.6 Å². The van der Waals surface area contributed by atoms with Gasteiger partial charge in [0.2, 0.25) is 6.79 Å². The number of benzene rings is 2. The van der Waals surface area contributed by atoms with Crippen molar-refractivity contribution in [2.24, 2.45) is 7.05 Å². The first kappa shape index (κ1) is 16.2. The molecule has 6 nitrogen and oxygen atoms in total. The third-order valence-electron chi connectivity index (χ3n) is 4.32. The Kier molecular flexibility index (Phi) is 4.31. The van der Waals surface area contributed by atoms with Gasteiger partial charge >= 0.3 is 0 Å². The Hall–Kier alpha value is -3.28. The number of nitrogens with one attached hydrogen (secondary N) is 1. The van der Waals surface area contributed by atoms with E-state index < -0.39 is 0 Å². The van der Waals surface area contributed by atoms with Gasteiger partial charge < -0.3 is 14.8 Å². The van der Waals surface area contributed by atoms with Gasteiger partial charge in [-0.1, -0.05) is 30.3 Å². The first-order valence-electron chi connectivity index (χ1n) is 8.47. The van der Waals surface area contributed by atoms with Crippen molar-refractivity contribution in [2.45, 2.75) is 6.42 Å². The Morgan fingerprint density at radius 2 is 1.92 bits per heavy atom. The monoisotopic (exact) mass is 349 g/mol. The number of rotatable bonds is 5. The predicted octanol–water partition coefficient (Wildman–Crippen LogP) is 2.79. The molecule has 0 saturated heterocycles. The van der Waals surface area contributed by atoms with Gasteiger partial charge in [-0.3, -0.25) is 9.48 Å². The maximum absolute atomic E-state index is 12.4. The zero-order valence-electron chi connectivity index (χ0n) is 14.4. The summed E-state index contributed by atoms with van der Waals surface area (Å²) in [5.41, 5.74) is 3.35. The van der Waals surface area contributed by atoms with E-state index in [2.05, 4.69) is 10.4 Å². The molecule has 0 saturated carbocycles. The summed E-state index contributed by atoms with van der Waals surface area (Å²) in [5.74, 6) is 1.26. The number of carbonyl (C=O) groups is 1. The van der Waals surface area contributed by atoms with Crippen LogP contribution < -0.4 is 14.8 Å². The maximum atomic E-state index is 12.4. The topological polar surface area (TPSA) is 65.4 Å². The van der Waals surface area contributed by atoms with Crippen molar-refractivity contribution in [3.63, 3.8) is 0 Å². The van der Waals surface area contributed by atoms with Crippen molar-refractivity contribution in [2.75, 3.05) is 13.3 Å². The molecule has 0 fully saturated rings.